The molecule has 23 heavy (non-hydrogen) atoms. The van der Waals surface area contributed by atoms with Crippen LogP contribution in [0.25, 0.3) is 6.08 Å². The van der Waals surface area contributed by atoms with Crippen LogP contribution in [-0.2, 0) is 4.79 Å². The highest BCUT2D eigenvalue weighted by atomic mass is 16.2. The van der Waals surface area contributed by atoms with Crippen LogP contribution in [-0.4, -0.2) is 22.9 Å². The van der Waals surface area contributed by atoms with Gasteiger partial charge in [-0.15, -0.1) is 0 Å². The number of carbonyl (C=O) groups excluding carboxylic acids is 2. The third-order valence-electron chi connectivity index (χ3n) is 4.76. The normalized spacial score (nSPS) is 21.3. The van der Waals surface area contributed by atoms with Gasteiger partial charge >= 0.3 is 6.03 Å². The summed E-state index contributed by atoms with van der Waals surface area (Å²) < 4.78 is 0. The monoisotopic (exact) mass is 312 g/mol. The Morgan fingerprint density at radius 3 is 2.35 bits per heavy atom. The molecule has 1 aliphatic carbocycles. The van der Waals surface area contributed by atoms with Gasteiger partial charge in [0.1, 0.15) is 5.70 Å². The second-order valence-corrected chi connectivity index (χ2v) is 6.78. The molecule has 122 valence electrons. The van der Waals surface area contributed by atoms with Gasteiger partial charge < -0.3 is 5.32 Å². The molecule has 1 aromatic rings. The van der Waals surface area contributed by atoms with E-state index in [1.165, 1.54) is 16.9 Å². The number of hydrogen-bond donors (Lipinski definition) is 1. The van der Waals surface area contributed by atoms with E-state index in [-0.39, 0.29) is 18.0 Å². The molecule has 3 rings (SSSR count). The lowest BCUT2D eigenvalue weighted by Gasteiger charge is -2.28. The average molecular weight is 312 g/mol. The van der Waals surface area contributed by atoms with Gasteiger partial charge in [0.15, 0.2) is 0 Å². The second-order valence-electron chi connectivity index (χ2n) is 6.78. The predicted molar refractivity (Wildman–Crippen MR) is 90.8 cm³/mol. The van der Waals surface area contributed by atoms with Crippen LogP contribution in [0.5, 0.6) is 0 Å². The predicted octanol–water partition coefficient (Wildman–Crippen LogP) is 4.04. The molecule has 1 saturated carbocycles. The number of nitrogens with zero attached hydrogens (tertiary/aromatic N) is 1. The van der Waals surface area contributed by atoms with Crippen LogP contribution in [0.1, 0.15) is 63.0 Å². The Labute approximate surface area is 137 Å². The fraction of sp³-hybridized carbons (Fsp3) is 0.474. The zero-order valence-electron chi connectivity index (χ0n) is 13.8. The zero-order chi connectivity index (χ0) is 16.4. The number of hydrogen-bond acceptors (Lipinski definition) is 2. The van der Waals surface area contributed by atoms with Crippen molar-refractivity contribution in [3.8, 4) is 0 Å². The maximum absolute atomic E-state index is 12.6. The van der Waals surface area contributed by atoms with Crippen molar-refractivity contribution >= 4 is 18.0 Å². The van der Waals surface area contributed by atoms with Crippen molar-refractivity contribution in [2.75, 3.05) is 0 Å². The van der Waals surface area contributed by atoms with Crippen LogP contribution in [0.15, 0.2) is 30.0 Å². The number of benzene rings is 1. The average Bonchev–Trinajstić information content (AvgIpc) is 2.82. The summed E-state index contributed by atoms with van der Waals surface area (Å²) in [5.74, 6) is 0.293. The van der Waals surface area contributed by atoms with Crippen molar-refractivity contribution in [2.24, 2.45) is 0 Å². The van der Waals surface area contributed by atoms with Crippen molar-refractivity contribution < 1.29 is 9.59 Å². The van der Waals surface area contributed by atoms with Gasteiger partial charge in [-0.2, -0.15) is 0 Å². The van der Waals surface area contributed by atoms with Crippen molar-refractivity contribution in [1.82, 2.24) is 10.2 Å². The van der Waals surface area contributed by atoms with Gasteiger partial charge in [-0.3, -0.25) is 9.69 Å². The summed E-state index contributed by atoms with van der Waals surface area (Å²) in [6.45, 7) is 4.30. The third-order valence-corrected chi connectivity index (χ3v) is 4.76. The van der Waals surface area contributed by atoms with Crippen molar-refractivity contribution in [3.63, 3.8) is 0 Å². The number of nitrogens with one attached hydrogen (secondary N) is 1. The van der Waals surface area contributed by atoms with Crippen molar-refractivity contribution in [1.29, 1.82) is 0 Å². The number of amides is 3. The molecule has 4 nitrogen and oxygen atoms in total. The molecule has 1 saturated heterocycles. The van der Waals surface area contributed by atoms with Gasteiger partial charge in [0, 0.05) is 6.04 Å². The lowest BCUT2D eigenvalue weighted by molar-refractivity contribution is -0.124. The first-order valence-electron chi connectivity index (χ1n) is 8.52. The van der Waals surface area contributed by atoms with Gasteiger partial charge in [0.2, 0.25) is 0 Å². The standard InChI is InChI=1S/C19H24N2O2/c1-13(2)15-10-8-14(9-11-15)12-17-18(22)21(19(23)20-17)16-6-4-3-5-7-16/h8-13,16H,3-7H2,1-2H3,(H,20,23)/b17-12-. The van der Waals surface area contributed by atoms with Gasteiger partial charge in [-0.1, -0.05) is 57.4 Å². The van der Waals surface area contributed by atoms with E-state index >= 15 is 0 Å². The number of carbonyl (C=O) groups is 2. The Morgan fingerprint density at radius 1 is 1.09 bits per heavy atom. The van der Waals surface area contributed by atoms with E-state index in [1.54, 1.807) is 6.08 Å². The number of imide groups is 1. The molecular weight excluding hydrogens is 288 g/mol. The minimum atomic E-state index is -0.271. The fourth-order valence-corrected chi connectivity index (χ4v) is 3.36. The molecule has 4 heteroatoms. The first-order chi connectivity index (χ1) is 11.1. The molecule has 0 atom stereocenters. The highest BCUT2D eigenvalue weighted by molar-refractivity contribution is 6.14. The second kappa shape index (κ2) is 6.57. The Hall–Kier alpha value is -2.10. The Bertz CT molecular complexity index is 625. The first-order valence-corrected chi connectivity index (χ1v) is 8.52. The minimum absolute atomic E-state index is 0.0606. The molecule has 3 amide bonds. The summed E-state index contributed by atoms with van der Waals surface area (Å²) in [6.07, 6.45) is 7.01. The summed E-state index contributed by atoms with van der Waals surface area (Å²) >= 11 is 0. The van der Waals surface area contributed by atoms with Crippen LogP contribution in [0.3, 0.4) is 0 Å². The van der Waals surface area contributed by atoms with Crippen molar-refractivity contribution in [2.45, 2.75) is 57.9 Å². The zero-order valence-corrected chi connectivity index (χ0v) is 13.8. The molecule has 0 bridgehead atoms. The van der Waals surface area contributed by atoms with Gasteiger partial charge in [-0.25, -0.2) is 4.79 Å². The summed E-state index contributed by atoms with van der Waals surface area (Å²) in [5.41, 5.74) is 2.58. The van der Waals surface area contributed by atoms with E-state index in [1.807, 2.05) is 12.1 Å². The molecule has 2 fully saturated rings. The van der Waals surface area contributed by atoms with Crippen LogP contribution >= 0.6 is 0 Å². The van der Waals surface area contributed by atoms with E-state index in [2.05, 4.69) is 31.3 Å². The van der Waals surface area contributed by atoms with Gasteiger partial charge in [0.05, 0.1) is 0 Å². The maximum Gasteiger partial charge on any atom is 0.329 e. The van der Waals surface area contributed by atoms with Crippen molar-refractivity contribution in [3.05, 3.63) is 41.1 Å². The molecule has 2 aliphatic rings. The van der Waals surface area contributed by atoms with E-state index in [4.69, 9.17) is 0 Å². The third kappa shape index (κ3) is 3.31. The van der Waals surface area contributed by atoms with Crippen LogP contribution in [0.4, 0.5) is 4.79 Å². The quantitative estimate of drug-likeness (QED) is 0.676. The molecular formula is C19H24N2O2. The molecule has 1 aromatic carbocycles. The first kappa shape index (κ1) is 15.8. The van der Waals surface area contributed by atoms with Crippen LogP contribution in [0, 0.1) is 0 Å². The van der Waals surface area contributed by atoms with Gasteiger partial charge in [-0.05, 0) is 36.0 Å². The summed E-state index contributed by atoms with van der Waals surface area (Å²) in [4.78, 5) is 26.2. The van der Waals surface area contributed by atoms with E-state index < -0.39 is 0 Å². The molecule has 1 N–H and O–H groups in total. The van der Waals surface area contributed by atoms with Crippen LogP contribution in [0.2, 0.25) is 0 Å². The molecule has 0 unspecified atom stereocenters. The summed E-state index contributed by atoms with van der Waals surface area (Å²) in [6, 6.07) is 7.90. The highest BCUT2D eigenvalue weighted by Crippen LogP contribution is 2.27. The molecule has 0 aromatic heterocycles. The lowest BCUT2D eigenvalue weighted by atomic mass is 9.94. The molecule has 1 aliphatic heterocycles. The summed E-state index contributed by atoms with van der Waals surface area (Å²) in [5, 5.41) is 2.74. The number of urea groups is 1. The Balaban J connectivity index is 1.78. The number of rotatable bonds is 3. The lowest BCUT2D eigenvalue weighted by Crippen LogP contribution is -2.41. The highest BCUT2D eigenvalue weighted by Gasteiger charge is 2.38. The van der Waals surface area contributed by atoms with E-state index in [0.29, 0.717) is 11.6 Å². The minimum Gasteiger partial charge on any atom is -0.303 e. The smallest absolute Gasteiger partial charge is 0.303 e. The summed E-state index contributed by atoms with van der Waals surface area (Å²) in [7, 11) is 0. The Morgan fingerprint density at radius 2 is 1.74 bits per heavy atom. The van der Waals surface area contributed by atoms with Crippen LogP contribution < -0.4 is 5.32 Å². The molecule has 0 spiro atoms. The topological polar surface area (TPSA) is 49.4 Å². The largest absolute Gasteiger partial charge is 0.329 e. The van der Waals surface area contributed by atoms with E-state index in [9.17, 15) is 9.59 Å². The fourth-order valence-electron chi connectivity index (χ4n) is 3.36. The Kier molecular flexibility index (Phi) is 4.51. The van der Waals surface area contributed by atoms with Gasteiger partial charge in [0.25, 0.3) is 5.91 Å². The molecule has 0 radical (unpaired) electrons. The maximum atomic E-state index is 12.6. The molecule has 1 heterocycles. The SMILES string of the molecule is CC(C)c1ccc(/C=C2\NC(=O)N(C3CCCCC3)C2=O)cc1. The van der Waals surface area contributed by atoms with E-state index in [0.717, 1.165) is 31.2 Å².